The van der Waals surface area contributed by atoms with Crippen molar-refractivity contribution in [2.75, 3.05) is 0 Å². The van der Waals surface area contributed by atoms with Crippen molar-refractivity contribution in [1.29, 1.82) is 0 Å². The third kappa shape index (κ3) is 5.01. The third-order valence-corrected chi connectivity index (χ3v) is 5.51. The van der Waals surface area contributed by atoms with Crippen LogP contribution < -0.4 is 10.6 Å². The van der Waals surface area contributed by atoms with E-state index in [0.29, 0.717) is 16.7 Å². The number of fused-ring (bicyclic) bond motifs is 1. The number of carbonyl (C=O) groups is 3. The van der Waals surface area contributed by atoms with Crippen molar-refractivity contribution in [3.63, 3.8) is 0 Å². The molecule has 0 aliphatic heterocycles. The number of imidazole rings is 1. The number of rotatable bonds is 7. The minimum absolute atomic E-state index is 0.0240. The number of aromatic nitrogens is 3. The molecule has 3 N–H and O–H groups in total. The molecule has 0 aliphatic carbocycles. The van der Waals surface area contributed by atoms with Gasteiger partial charge in [-0.15, -0.1) is 0 Å². The van der Waals surface area contributed by atoms with Crippen LogP contribution in [-0.4, -0.2) is 37.6 Å². The zero-order valence-electron chi connectivity index (χ0n) is 19.0. The molecule has 0 fully saturated rings. The van der Waals surface area contributed by atoms with Gasteiger partial charge in [-0.2, -0.15) is 0 Å². The highest BCUT2D eigenvalue weighted by Gasteiger charge is 2.20. The molecule has 10 heteroatoms. The second-order valence-electron chi connectivity index (χ2n) is 8.04. The zero-order valence-corrected chi connectivity index (χ0v) is 19.0. The summed E-state index contributed by atoms with van der Waals surface area (Å²) in [5.74, 6) is -1.80. The van der Waals surface area contributed by atoms with Gasteiger partial charge in [0.2, 0.25) is 11.7 Å². The first kappa shape index (κ1) is 23.6. The van der Waals surface area contributed by atoms with E-state index in [-0.39, 0.29) is 42.0 Å². The highest BCUT2D eigenvalue weighted by atomic mass is 19.1. The largest absolute Gasteiger partial charge is 0.493 e. The highest BCUT2D eigenvalue weighted by Crippen LogP contribution is 2.17. The molecule has 2 aromatic heterocycles. The Morgan fingerprint density at radius 1 is 1.00 bits per heavy atom. The molecular formula is C25H22FN5O4. The third-order valence-electron chi connectivity index (χ3n) is 5.51. The predicted octanol–water partition coefficient (Wildman–Crippen LogP) is 2.86. The van der Waals surface area contributed by atoms with Crippen molar-refractivity contribution >= 4 is 23.9 Å². The molecule has 178 valence electrons. The highest BCUT2D eigenvalue weighted by molar-refractivity contribution is 5.98. The summed E-state index contributed by atoms with van der Waals surface area (Å²) >= 11 is 0. The maximum Gasteiger partial charge on any atom is 0.270 e. The molecule has 0 atom stereocenters. The maximum absolute atomic E-state index is 13.5. The fourth-order valence-electron chi connectivity index (χ4n) is 3.60. The van der Waals surface area contributed by atoms with Gasteiger partial charge in [0.1, 0.15) is 23.5 Å². The first-order chi connectivity index (χ1) is 16.8. The molecule has 35 heavy (non-hydrogen) atoms. The Bertz CT molecular complexity index is 1460. The first-order valence-electron chi connectivity index (χ1n) is 10.7. The predicted molar refractivity (Wildman–Crippen MR) is 125 cm³/mol. The van der Waals surface area contributed by atoms with E-state index in [0.717, 1.165) is 28.0 Å². The van der Waals surface area contributed by atoms with Crippen molar-refractivity contribution < 1.29 is 23.9 Å². The first-order valence-corrected chi connectivity index (χ1v) is 10.7. The van der Waals surface area contributed by atoms with Gasteiger partial charge in [-0.1, -0.05) is 30.3 Å². The SMILES string of the molecule is Cc1cc(CNC(=O)c2cc(C(=O)NCc3ccc(C=O)c(C)c3)n3c(O)cnc3n2)ccc1F. The Morgan fingerprint density at radius 3 is 2.31 bits per heavy atom. The van der Waals surface area contributed by atoms with E-state index in [1.165, 1.54) is 12.1 Å². The number of aldehydes is 1. The smallest absolute Gasteiger partial charge is 0.270 e. The Morgan fingerprint density at radius 2 is 1.66 bits per heavy atom. The summed E-state index contributed by atoms with van der Waals surface area (Å²) in [7, 11) is 0. The van der Waals surface area contributed by atoms with E-state index >= 15 is 0 Å². The van der Waals surface area contributed by atoms with Gasteiger partial charge in [0.05, 0.1) is 6.20 Å². The van der Waals surface area contributed by atoms with Crippen LogP contribution in [0, 0.1) is 19.7 Å². The van der Waals surface area contributed by atoms with Gasteiger partial charge in [0.25, 0.3) is 11.8 Å². The number of aromatic hydroxyl groups is 1. The summed E-state index contributed by atoms with van der Waals surface area (Å²) < 4.78 is 14.6. The second kappa shape index (κ2) is 9.72. The van der Waals surface area contributed by atoms with Crippen molar-refractivity contribution in [1.82, 2.24) is 25.0 Å². The summed E-state index contributed by atoms with van der Waals surface area (Å²) in [6, 6.07) is 11.0. The topological polar surface area (TPSA) is 126 Å². The average Bonchev–Trinajstić information content (AvgIpc) is 3.23. The lowest BCUT2D eigenvalue weighted by Gasteiger charge is -2.11. The van der Waals surface area contributed by atoms with Gasteiger partial charge in [0, 0.05) is 18.7 Å². The Balaban J connectivity index is 1.55. The molecule has 0 saturated carbocycles. The molecular weight excluding hydrogens is 453 g/mol. The van der Waals surface area contributed by atoms with E-state index in [9.17, 15) is 23.9 Å². The standard InChI is InChI=1S/C25H22FN5O4/c1-14-7-16(3-5-18(14)13-32)11-28-24(35)21-9-20(30-25-29-12-22(33)31(21)25)23(34)27-10-17-4-6-19(26)15(2)8-17/h3-9,12-13,33H,10-11H2,1-2H3,(H,27,34)(H,28,35). The van der Waals surface area contributed by atoms with Crippen molar-refractivity contribution in [3.05, 3.63) is 93.7 Å². The quantitative estimate of drug-likeness (QED) is 0.353. The van der Waals surface area contributed by atoms with Crippen LogP contribution in [0.25, 0.3) is 5.78 Å². The van der Waals surface area contributed by atoms with Gasteiger partial charge in [-0.25, -0.2) is 18.8 Å². The normalized spacial score (nSPS) is 10.8. The number of nitrogens with one attached hydrogen (secondary N) is 2. The van der Waals surface area contributed by atoms with Gasteiger partial charge in [-0.05, 0) is 48.2 Å². The lowest BCUT2D eigenvalue weighted by molar-refractivity contribution is 0.0942. The van der Waals surface area contributed by atoms with E-state index in [1.807, 2.05) is 0 Å². The molecule has 2 aromatic carbocycles. The van der Waals surface area contributed by atoms with Crippen LogP contribution >= 0.6 is 0 Å². The number of hydrogen-bond donors (Lipinski definition) is 3. The summed E-state index contributed by atoms with van der Waals surface area (Å²) in [6.07, 6.45) is 1.89. The van der Waals surface area contributed by atoms with Gasteiger partial charge in [-0.3, -0.25) is 14.4 Å². The van der Waals surface area contributed by atoms with Gasteiger partial charge >= 0.3 is 0 Å². The number of benzene rings is 2. The molecule has 0 unspecified atom stereocenters. The van der Waals surface area contributed by atoms with E-state index in [2.05, 4.69) is 20.6 Å². The Labute approximate surface area is 199 Å². The van der Waals surface area contributed by atoms with E-state index in [4.69, 9.17) is 0 Å². The molecule has 4 aromatic rings. The molecule has 0 radical (unpaired) electrons. The molecule has 4 rings (SSSR count). The van der Waals surface area contributed by atoms with Crippen LogP contribution in [-0.2, 0) is 13.1 Å². The van der Waals surface area contributed by atoms with E-state index < -0.39 is 11.8 Å². The lowest BCUT2D eigenvalue weighted by Crippen LogP contribution is -2.28. The molecule has 0 aliphatic rings. The van der Waals surface area contributed by atoms with Crippen molar-refractivity contribution in [3.8, 4) is 5.88 Å². The maximum atomic E-state index is 13.5. The van der Waals surface area contributed by atoms with E-state index in [1.54, 1.807) is 44.2 Å². The van der Waals surface area contributed by atoms with Crippen LogP contribution in [0.15, 0.2) is 48.7 Å². The number of carbonyl (C=O) groups excluding carboxylic acids is 3. The molecule has 0 spiro atoms. The fraction of sp³-hybridized carbons (Fsp3) is 0.160. The monoisotopic (exact) mass is 475 g/mol. The minimum Gasteiger partial charge on any atom is -0.493 e. The molecule has 2 amide bonds. The van der Waals surface area contributed by atoms with Crippen LogP contribution in [0.5, 0.6) is 5.88 Å². The number of halogens is 1. The Kier molecular flexibility index (Phi) is 6.54. The number of aryl methyl sites for hydroxylation is 2. The fourth-order valence-corrected chi connectivity index (χ4v) is 3.60. The summed E-state index contributed by atoms with van der Waals surface area (Å²) in [5.41, 5.74) is 3.16. The molecule has 2 heterocycles. The molecule has 0 saturated heterocycles. The molecule has 0 bridgehead atoms. The van der Waals surface area contributed by atoms with Crippen molar-refractivity contribution in [2.45, 2.75) is 26.9 Å². The van der Waals surface area contributed by atoms with Crippen molar-refractivity contribution in [2.24, 2.45) is 0 Å². The number of amides is 2. The van der Waals surface area contributed by atoms with Crippen LogP contribution in [0.4, 0.5) is 4.39 Å². The van der Waals surface area contributed by atoms with Gasteiger partial charge in [0.15, 0.2) is 0 Å². The summed E-state index contributed by atoms with van der Waals surface area (Å²) in [4.78, 5) is 44.9. The zero-order chi connectivity index (χ0) is 25.1. The second-order valence-corrected chi connectivity index (χ2v) is 8.04. The summed E-state index contributed by atoms with van der Waals surface area (Å²) in [5, 5.41) is 15.6. The van der Waals surface area contributed by atoms with Gasteiger partial charge < -0.3 is 15.7 Å². The lowest BCUT2D eigenvalue weighted by atomic mass is 10.1. The molecule has 9 nitrogen and oxygen atoms in total. The minimum atomic E-state index is -0.564. The number of hydrogen-bond acceptors (Lipinski definition) is 6. The van der Waals surface area contributed by atoms with Crippen LogP contribution in [0.1, 0.15) is 53.6 Å². The summed E-state index contributed by atoms with van der Waals surface area (Å²) in [6.45, 7) is 3.71. The van der Waals surface area contributed by atoms with Crippen LogP contribution in [0.3, 0.4) is 0 Å². The van der Waals surface area contributed by atoms with Crippen LogP contribution in [0.2, 0.25) is 0 Å². The average molecular weight is 475 g/mol. The Hall–Kier alpha value is -4.60. The number of nitrogens with zero attached hydrogens (tertiary/aromatic N) is 3.